The smallest absolute Gasteiger partial charge is 0.465 e. The topological polar surface area (TPSA) is 99.7 Å². The zero-order chi connectivity index (χ0) is 21.4. The van der Waals surface area contributed by atoms with Crippen LogP contribution in [-0.2, 0) is 4.79 Å². The molecule has 0 aromatic heterocycles. The van der Waals surface area contributed by atoms with Crippen LogP contribution in [0.15, 0.2) is 24.3 Å². The number of nitrogens with one attached hydrogen (secondary N) is 3. The fraction of sp³-hybridized carbons (Fsp3) is 0.579. The van der Waals surface area contributed by atoms with Crippen molar-refractivity contribution in [2.45, 2.75) is 57.5 Å². The van der Waals surface area contributed by atoms with Gasteiger partial charge in [0, 0.05) is 18.3 Å². The molecule has 0 bridgehead atoms. The third-order valence-corrected chi connectivity index (χ3v) is 4.75. The van der Waals surface area contributed by atoms with Crippen molar-refractivity contribution in [1.29, 1.82) is 0 Å². The van der Waals surface area contributed by atoms with E-state index in [1.54, 1.807) is 6.92 Å². The van der Waals surface area contributed by atoms with Gasteiger partial charge in [-0.2, -0.15) is 0 Å². The molecule has 2 amide bonds. The number of halogens is 3. The summed E-state index contributed by atoms with van der Waals surface area (Å²) in [7, 11) is 0. The summed E-state index contributed by atoms with van der Waals surface area (Å²) >= 11 is 0. The van der Waals surface area contributed by atoms with Gasteiger partial charge in [0.1, 0.15) is 11.8 Å². The number of hydrogen-bond acceptors (Lipinski definition) is 4. The molecule has 0 spiro atoms. The van der Waals surface area contributed by atoms with Crippen molar-refractivity contribution in [2.75, 3.05) is 11.9 Å². The van der Waals surface area contributed by atoms with E-state index in [4.69, 9.17) is 5.11 Å². The van der Waals surface area contributed by atoms with Gasteiger partial charge in [0.05, 0.1) is 0 Å². The van der Waals surface area contributed by atoms with Gasteiger partial charge in [-0.25, -0.2) is 4.79 Å². The third kappa shape index (κ3) is 8.49. The van der Waals surface area contributed by atoms with Crippen LogP contribution in [-0.4, -0.2) is 42.1 Å². The van der Waals surface area contributed by atoms with Crippen molar-refractivity contribution in [1.82, 2.24) is 10.6 Å². The first-order valence-corrected chi connectivity index (χ1v) is 9.52. The molecule has 0 unspecified atom stereocenters. The monoisotopic (exact) mass is 417 g/mol. The second kappa shape index (κ2) is 10.2. The summed E-state index contributed by atoms with van der Waals surface area (Å²) in [4.78, 5) is 23.5. The van der Waals surface area contributed by atoms with Crippen LogP contribution < -0.4 is 20.7 Å². The van der Waals surface area contributed by atoms with Crippen molar-refractivity contribution >= 4 is 17.7 Å². The van der Waals surface area contributed by atoms with Crippen LogP contribution in [0.1, 0.15) is 39.0 Å². The summed E-state index contributed by atoms with van der Waals surface area (Å²) in [5.41, 5.74) is 0.562. The van der Waals surface area contributed by atoms with Crippen molar-refractivity contribution in [3.05, 3.63) is 24.3 Å². The molecule has 1 saturated carbocycles. The minimum Gasteiger partial charge on any atom is -0.465 e. The Bertz CT molecular complexity index is 676. The van der Waals surface area contributed by atoms with Gasteiger partial charge in [0.2, 0.25) is 5.91 Å². The molecule has 10 heteroatoms. The molecule has 4 N–H and O–H groups in total. The molecule has 1 aromatic carbocycles. The molecule has 7 nitrogen and oxygen atoms in total. The van der Waals surface area contributed by atoms with Crippen LogP contribution in [0.3, 0.4) is 0 Å². The van der Waals surface area contributed by atoms with E-state index in [9.17, 15) is 22.8 Å². The molecule has 0 aliphatic heterocycles. The summed E-state index contributed by atoms with van der Waals surface area (Å²) in [5, 5.41) is 17.1. The number of anilines is 1. The Morgan fingerprint density at radius 2 is 1.79 bits per heavy atom. The SMILES string of the molecule is C[C@@H](CNc1ccc(OC(F)(F)F)cc1)NC(=O)[C@H](CC1CCCC1)NC(=O)O. The molecule has 2 atom stereocenters. The first-order valence-electron chi connectivity index (χ1n) is 9.52. The second-order valence-electron chi connectivity index (χ2n) is 7.25. The lowest BCUT2D eigenvalue weighted by Gasteiger charge is -2.23. The van der Waals surface area contributed by atoms with Crippen LogP contribution in [0.5, 0.6) is 5.75 Å². The fourth-order valence-corrected chi connectivity index (χ4v) is 3.40. The second-order valence-corrected chi connectivity index (χ2v) is 7.25. The maximum Gasteiger partial charge on any atom is 0.573 e. The first kappa shape index (κ1) is 22.6. The number of carbonyl (C=O) groups excluding carboxylic acids is 1. The van der Waals surface area contributed by atoms with Crippen molar-refractivity contribution in [2.24, 2.45) is 5.92 Å². The van der Waals surface area contributed by atoms with Crippen LogP contribution in [0.4, 0.5) is 23.7 Å². The Labute approximate surface area is 167 Å². The molecule has 1 aliphatic carbocycles. The van der Waals surface area contributed by atoms with Gasteiger partial charge >= 0.3 is 12.5 Å². The average Bonchev–Trinajstić information content (AvgIpc) is 3.12. The van der Waals surface area contributed by atoms with E-state index >= 15 is 0 Å². The van der Waals surface area contributed by atoms with Gasteiger partial charge in [-0.3, -0.25) is 4.79 Å². The Balaban J connectivity index is 1.82. The predicted octanol–water partition coefficient (Wildman–Crippen LogP) is 3.72. The summed E-state index contributed by atoms with van der Waals surface area (Å²) in [6.07, 6.45) is -1.33. The van der Waals surface area contributed by atoms with E-state index < -0.39 is 18.5 Å². The quantitative estimate of drug-likeness (QED) is 0.491. The van der Waals surface area contributed by atoms with Gasteiger partial charge in [-0.1, -0.05) is 25.7 Å². The molecule has 1 fully saturated rings. The maximum absolute atomic E-state index is 12.5. The van der Waals surface area contributed by atoms with Crippen LogP contribution >= 0.6 is 0 Å². The number of ether oxygens (including phenoxy) is 1. The minimum absolute atomic E-state index is 0.314. The number of carboxylic acid groups (broad SMARTS) is 1. The zero-order valence-electron chi connectivity index (χ0n) is 16.1. The number of benzene rings is 1. The Morgan fingerprint density at radius 1 is 1.17 bits per heavy atom. The molecule has 162 valence electrons. The van der Waals surface area contributed by atoms with E-state index in [1.165, 1.54) is 24.3 Å². The Kier molecular flexibility index (Phi) is 7.98. The fourth-order valence-electron chi connectivity index (χ4n) is 3.40. The first-order chi connectivity index (χ1) is 13.6. The molecule has 0 heterocycles. The van der Waals surface area contributed by atoms with Crippen LogP contribution in [0, 0.1) is 5.92 Å². The number of rotatable bonds is 9. The van der Waals surface area contributed by atoms with E-state index in [-0.39, 0.29) is 17.7 Å². The van der Waals surface area contributed by atoms with E-state index in [0.29, 0.717) is 24.6 Å². The normalized spacial score (nSPS) is 16.7. The van der Waals surface area contributed by atoms with Crippen molar-refractivity contribution in [3.63, 3.8) is 0 Å². The summed E-state index contributed by atoms with van der Waals surface area (Å²) < 4.78 is 40.3. The maximum atomic E-state index is 12.5. The largest absolute Gasteiger partial charge is 0.573 e. The average molecular weight is 417 g/mol. The minimum atomic E-state index is -4.74. The van der Waals surface area contributed by atoms with Gasteiger partial charge < -0.3 is 25.8 Å². The molecule has 1 aliphatic rings. The molecule has 2 rings (SSSR count). The standard InChI is InChI=1S/C19H26F3N3O4/c1-12(11-23-14-6-8-15(9-7-14)29-19(20,21)22)24-17(26)16(25-18(27)28)10-13-4-2-3-5-13/h6-9,12-13,16,23,25H,2-5,10-11H2,1H3,(H,24,26)(H,27,28)/t12-,16-/m0/s1. The van der Waals surface area contributed by atoms with Crippen LogP contribution in [0.2, 0.25) is 0 Å². The molecule has 29 heavy (non-hydrogen) atoms. The highest BCUT2D eigenvalue weighted by molar-refractivity contribution is 5.85. The van der Waals surface area contributed by atoms with Crippen molar-refractivity contribution < 1.29 is 32.6 Å². The third-order valence-electron chi connectivity index (χ3n) is 4.75. The van der Waals surface area contributed by atoms with Crippen molar-refractivity contribution in [3.8, 4) is 5.75 Å². The van der Waals surface area contributed by atoms with E-state index in [0.717, 1.165) is 25.7 Å². The van der Waals surface area contributed by atoms with Gasteiger partial charge in [0.15, 0.2) is 0 Å². The molecule has 0 radical (unpaired) electrons. The molecule has 0 saturated heterocycles. The lowest BCUT2D eigenvalue weighted by molar-refractivity contribution is -0.274. The number of amides is 2. The van der Waals surface area contributed by atoms with E-state index in [1.807, 2.05) is 0 Å². The lowest BCUT2D eigenvalue weighted by Crippen LogP contribution is -2.50. The highest BCUT2D eigenvalue weighted by Gasteiger charge is 2.31. The predicted molar refractivity (Wildman–Crippen MR) is 101 cm³/mol. The summed E-state index contributed by atoms with van der Waals surface area (Å²) in [5.74, 6) is -0.370. The van der Waals surface area contributed by atoms with Crippen LogP contribution in [0.25, 0.3) is 0 Å². The molecular weight excluding hydrogens is 391 g/mol. The van der Waals surface area contributed by atoms with Gasteiger partial charge in [-0.15, -0.1) is 13.2 Å². The van der Waals surface area contributed by atoms with E-state index in [2.05, 4.69) is 20.7 Å². The lowest BCUT2D eigenvalue weighted by atomic mass is 9.97. The highest BCUT2D eigenvalue weighted by Crippen LogP contribution is 2.28. The van der Waals surface area contributed by atoms with Gasteiger partial charge in [-0.05, 0) is 43.5 Å². The number of carbonyl (C=O) groups is 2. The molecule has 1 aromatic rings. The Hall–Kier alpha value is -2.65. The number of alkyl halides is 3. The van der Waals surface area contributed by atoms with Gasteiger partial charge in [0.25, 0.3) is 0 Å². The highest BCUT2D eigenvalue weighted by atomic mass is 19.4. The summed E-state index contributed by atoms with van der Waals surface area (Å²) in [6.45, 7) is 2.06. The summed E-state index contributed by atoms with van der Waals surface area (Å²) in [6, 6.07) is 4.11. The molecular formula is C19H26F3N3O4. The Morgan fingerprint density at radius 3 is 2.34 bits per heavy atom. The zero-order valence-corrected chi connectivity index (χ0v) is 16.1. The number of hydrogen-bond donors (Lipinski definition) is 4.